The van der Waals surface area contributed by atoms with Crippen molar-refractivity contribution in [3.05, 3.63) is 30.1 Å². The third-order valence-corrected chi connectivity index (χ3v) is 4.58. The Balaban J connectivity index is 2.01. The van der Waals surface area contributed by atoms with Gasteiger partial charge in [-0.15, -0.1) is 0 Å². The molecule has 0 radical (unpaired) electrons. The first-order valence-corrected chi connectivity index (χ1v) is 6.88. The molecule has 0 amide bonds. The number of rotatable bonds is 4. The van der Waals surface area contributed by atoms with Crippen molar-refractivity contribution >= 4 is 17.0 Å². The molecule has 3 rings (SSSR count). The molecule has 0 bridgehead atoms. The summed E-state index contributed by atoms with van der Waals surface area (Å²) in [6.07, 6.45) is 5.38. The topological polar surface area (TPSA) is 58.4 Å². The lowest BCUT2D eigenvalue weighted by Gasteiger charge is -2.47. The Labute approximate surface area is 117 Å². The lowest BCUT2D eigenvalue weighted by atomic mass is 9.75. The van der Waals surface area contributed by atoms with E-state index in [1.54, 1.807) is 18.5 Å². The van der Waals surface area contributed by atoms with E-state index in [1.807, 2.05) is 6.07 Å². The number of imidazole rings is 1. The molecule has 0 saturated heterocycles. The molecule has 0 aliphatic heterocycles. The zero-order valence-corrected chi connectivity index (χ0v) is 11.8. The van der Waals surface area contributed by atoms with Crippen LogP contribution >= 0.6 is 0 Å². The number of carboxylic acid groups (broad SMARTS) is 1. The number of benzene rings is 1. The molecular weight excluding hydrogens is 254 g/mol. The van der Waals surface area contributed by atoms with E-state index in [0.29, 0.717) is 5.52 Å². The minimum Gasteiger partial charge on any atom is -0.478 e. The van der Waals surface area contributed by atoms with Gasteiger partial charge in [-0.1, -0.05) is 6.07 Å². The van der Waals surface area contributed by atoms with Gasteiger partial charge in [0.2, 0.25) is 0 Å². The minimum atomic E-state index is -0.924. The van der Waals surface area contributed by atoms with E-state index in [9.17, 15) is 9.90 Å². The molecule has 2 aromatic rings. The highest BCUT2D eigenvalue weighted by Gasteiger charge is 2.39. The maximum absolute atomic E-state index is 11.2. The molecular formula is C15H19N3O2. The van der Waals surface area contributed by atoms with Crippen LogP contribution in [0.2, 0.25) is 0 Å². The van der Waals surface area contributed by atoms with Crippen LogP contribution in [0.15, 0.2) is 24.5 Å². The van der Waals surface area contributed by atoms with Crippen LogP contribution in [-0.4, -0.2) is 45.2 Å². The van der Waals surface area contributed by atoms with E-state index in [4.69, 9.17) is 0 Å². The third-order valence-electron chi connectivity index (χ3n) is 4.58. The number of nitrogens with zero attached hydrogens (tertiary/aromatic N) is 3. The maximum atomic E-state index is 11.2. The quantitative estimate of drug-likeness (QED) is 0.928. The monoisotopic (exact) mass is 273 g/mol. The van der Waals surface area contributed by atoms with Gasteiger partial charge in [-0.05, 0) is 45.5 Å². The third kappa shape index (κ3) is 1.89. The molecule has 5 nitrogen and oxygen atoms in total. The van der Waals surface area contributed by atoms with Crippen molar-refractivity contribution in [2.24, 2.45) is 0 Å². The molecule has 0 unspecified atom stereocenters. The predicted molar refractivity (Wildman–Crippen MR) is 77.0 cm³/mol. The van der Waals surface area contributed by atoms with Gasteiger partial charge in [0.05, 0.1) is 17.4 Å². The van der Waals surface area contributed by atoms with Crippen molar-refractivity contribution in [3.63, 3.8) is 0 Å². The van der Waals surface area contributed by atoms with Crippen molar-refractivity contribution < 1.29 is 9.90 Å². The van der Waals surface area contributed by atoms with Gasteiger partial charge in [-0.3, -0.25) is 0 Å². The first-order valence-electron chi connectivity index (χ1n) is 6.88. The van der Waals surface area contributed by atoms with Crippen LogP contribution in [0.5, 0.6) is 0 Å². The molecule has 1 saturated carbocycles. The average Bonchev–Trinajstić information content (AvgIpc) is 2.75. The number of hydrogen-bond acceptors (Lipinski definition) is 3. The molecule has 1 N–H and O–H groups in total. The molecule has 1 aliphatic rings. The minimum absolute atomic E-state index is 0.187. The van der Waals surface area contributed by atoms with Crippen molar-refractivity contribution in [3.8, 4) is 0 Å². The Morgan fingerprint density at radius 2 is 2.20 bits per heavy atom. The second-order valence-electron chi connectivity index (χ2n) is 5.82. The number of hydrogen-bond donors (Lipinski definition) is 1. The predicted octanol–water partition coefficient (Wildman–Crippen LogP) is 2.22. The fourth-order valence-corrected chi connectivity index (χ4v) is 3.04. The molecule has 1 aromatic carbocycles. The Hall–Kier alpha value is -1.88. The van der Waals surface area contributed by atoms with Crippen LogP contribution in [0.1, 0.15) is 29.6 Å². The molecule has 5 heteroatoms. The van der Waals surface area contributed by atoms with E-state index in [-0.39, 0.29) is 11.1 Å². The zero-order chi connectivity index (χ0) is 14.3. The zero-order valence-electron chi connectivity index (χ0n) is 11.8. The number of fused-ring (bicyclic) bond motifs is 1. The van der Waals surface area contributed by atoms with E-state index in [2.05, 4.69) is 28.5 Å². The summed E-state index contributed by atoms with van der Waals surface area (Å²) < 4.78 is 2.08. The Morgan fingerprint density at radius 3 is 2.75 bits per heavy atom. The first kappa shape index (κ1) is 13.1. The van der Waals surface area contributed by atoms with Gasteiger partial charge >= 0.3 is 5.97 Å². The van der Waals surface area contributed by atoms with Gasteiger partial charge in [0.1, 0.15) is 5.52 Å². The van der Waals surface area contributed by atoms with Gasteiger partial charge < -0.3 is 14.6 Å². The van der Waals surface area contributed by atoms with Crippen molar-refractivity contribution in [2.75, 3.05) is 14.1 Å². The number of likely N-dealkylation sites (N-methyl/N-ethyl adjacent to an activating group) is 1. The Bertz CT molecular complexity index is 656. The van der Waals surface area contributed by atoms with Crippen LogP contribution in [0, 0.1) is 0 Å². The van der Waals surface area contributed by atoms with Gasteiger partial charge in [0.15, 0.2) is 0 Å². The summed E-state index contributed by atoms with van der Waals surface area (Å²) in [5.74, 6) is -0.924. The smallest absolute Gasteiger partial charge is 0.337 e. The van der Waals surface area contributed by atoms with Gasteiger partial charge in [-0.25, -0.2) is 9.78 Å². The lowest BCUT2D eigenvalue weighted by molar-refractivity contribution is 0.0435. The summed E-state index contributed by atoms with van der Waals surface area (Å²) in [6.45, 7) is 0.861. The molecule has 106 valence electrons. The van der Waals surface area contributed by atoms with Gasteiger partial charge in [0.25, 0.3) is 0 Å². The molecule has 1 aromatic heterocycles. The maximum Gasteiger partial charge on any atom is 0.337 e. The number of para-hydroxylation sites is 1. The summed E-state index contributed by atoms with van der Waals surface area (Å²) in [5, 5.41) is 9.21. The summed E-state index contributed by atoms with van der Waals surface area (Å²) >= 11 is 0. The SMILES string of the molecule is CN(C)C1(Cn2cnc3c(C(=O)O)cccc32)CCC1. The van der Waals surface area contributed by atoms with Crippen LogP contribution in [0.3, 0.4) is 0 Å². The largest absolute Gasteiger partial charge is 0.478 e. The molecule has 0 spiro atoms. The van der Waals surface area contributed by atoms with E-state index < -0.39 is 5.97 Å². The number of carbonyl (C=O) groups is 1. The van der Waals surface area contributed by atoms with Crippen LogP contribution in [0.25, 0.3) is 11.0 Å². The molecule has 1 fully saturated rings. The fourth-order valence-electron chi connectivity index (χ4n) is 3.04. The van der Waals surface area contributed by atoms with Gasteiger partial charge in [0, 0.05) is 12.1 Å². The number of aromatic nitrogens is 2. The van der Waals surface area contributed by atoms with Crippen molar-refractivity contribution in [2.45, 2.75) is 31.3 Å². The summed E-state index contributed by atoms with van der Waals surface area (Å²) in [4.78, 5) is 17.8. The summed E-state index contributed by atoms with van der Waals surface area (Å²) in [7, 11) is 4.22. The highest BCUT2D eigenvalue weighted by Crippen LogP contribution is 2.38. The normalized spacial score (nSPS) is 17.4. The number of carboxylic acids is 1. The molecule has 1 heterocycles. The molecule has 0 atom stereocenters. The second kappa shape index (κ2) is 4.59. The highest BCUT2D eigenvalue weighted by atomic mass is 16.4. The Morgan fingerprint density at radius 1 is 1.45 bits per heavy atom. The van der Waals surface area contributed by atoms with Crippen LogP contribution in [0.4, 0.5) is 0 Å². The van der Waals surface area contributed by atoms with E-state index >= 15 is 0 Å². The Kier molecular flexibility index (Phi) is 3.01. The van der Waals surface area contributed by atoms with E-state index in [1.165, 1.54) is 19.3 Å². The standard InChI is InChI=1S/C15H19N3O2/c1-17(2)15(7-4-8-15)9-18-10-16-13-11(14(19)20)5-3-6-12(13)18/h3,5-6,10H,4,7-9H2,1-2H3,(H,19,20). The van der Waals surface area contributed by atoms with E-state index in [0.717, 1.165) is 12.1 Å². The summed E-state index contributed by atoms with van der Waals surface area (Å²) in [6, 6.07) is 5.33. The molecule has 20 heavy (non-hydrogen) atoms. The lowest BCUT2D eigenvalue weighted by Crippen LogP contribution is -2.52. The van der Waals surface area contributed by atoms with Crippen molar-refractivity contribution in [1.82, 2.24) is 14.5 Å². The first-order chi connectivity index (χ1) is 9.53. The fraction of sp³-hybridized carbons (Fsp3) is 0.467. The van der Waals surface area contributed by atoms with Crippen LogP contribution < -0.4 is 0 Å². The number of aromatic carboxylic acids is 1. The van der Waals surface area contributed by atoms with Gasteiger partial charge in [-0.2, -0.15) is 0 Å². The molecule has 1 aliphatic carbocycles. The second-order valence-corrected chi connectivity index (χ2v) is 5.82. The highest BCUT2D eigenvalue weighted by molar-refractivity contribution is 6.00. The van der Waals surface area contributed by atoms with Crippen LogP contribution in [-0.2, 0) is 6.54 Å². The van der Waals surface area contributed by atoms with Crippen molar-refractivity contribution in [1.29, 1.82) is 0 Å². The summed E-state index contributed by atoms with van der Waals surface area (Å²) in [5.41, 5.74) is 1.94. The average molecular weight is 273 g/mol.